The third-order valence-electron chi connectivity index (χ3n) is 1.31. The standard InChI is InChI=1S/C5H10N4O/c1-2-3(6)4-7-5(10)9-8-4/h3H,2,6H2,1H3,(H2,7,8,9,10). The molecule has 0 aromatic carbocycles. The van der Waals surface area contributed by atoms with Crippen molar-refractivity contribution in [1.82, 2.24) is 15.2 Å². The Balaban J connectivity index is 2.84. The predicted octanol–water partition coefficient (Wildman–Crippen LogP) is -0.492. The van der Waals surface area contributed by atoms with Crippen LogP contribution in [0, 0.1) is 0 Å². The van der Waals surface area contributed by atoms with Gasteiger partial charge in [-0.3, -0.25) is 4.98 Å². The lowest BCUT2D eigenvalue weighted by Gasteiger charge is -2.00. The number of aromatic nitrogens is 3. The molecule has 0 spiro atoms. The largest absolute Gasteiger partial charge is 0.340 e. The van der Waals surface area contributed by atoms with Gasteiger partial charge in [-0.05, 0) is 6.42 Å². The fourth-order valence-electron chi connectivity index (χ4n) is 0.652. The van der Waals surface area contributed by atoms with Gasteiger partial charge in [-0.15, -0.1) is 0 Å². The monoisotopic (exact) mass is 142 g/mol. The van der Waals surface area contributed by atoms with Crippen LogP contribution in [0.1, 0.15) is 25.2 Å². The number of nitrogens with one attached hydrogen (secondary N) is 2. The maximum absolute atomic E-state index is 10.5. The molecule has 10 heavy (non-hydrogen) atoms. The number of H-pyrrole nitrogens is 2. The highest BCUT2D eigenvalue weighted by Crippen LogP contribution is 2.03. The SMILES string of the molecule is CCC(N)c1n[nH]c(=O)[nH]1. The Labute approximate surface area is 57.6 Å². The third-order valence-corrected chi connectivity index (χ3v) is 1.31. The molecule has 0 saturated carbocycles. The lowest BCUT2D eigenvalue weighted by atomic mass is 10.2. The number of nitrogens with two attached hydrogens (primary N) is 1. The predicted molar refractivity (Wildman–Crippen MR) is 36.4 cm³/mol. The second-order valence-electron chi connectivity index (χ2n) is 2.08. The van der Waals surface area contributed by atoms with Crippen LogP contribution < -0.4 is 11.4 Å². The van der Waals surface area contributed by atoms with Crippen molar-refractivity contribution in [2.24, 2.45) is 5.73 Å². The minimum absolute atomic E-state index is 0.168. The van der Waals surface area contributed by atoms with Crippen molar-refractivity contribution in [3.8, 4) is 0 Å². The first-order chi connectivity index (χ1) is 4.74. The van der Waals surface area contributed by atoms with Crippen LogP contribution in [0.5, 0.6) is 0 Å². The molecule has 5 heteroatoms. The van der Waals surface area contributed by atoms with Gasteiger partial charge in [-0.2, -0.15) is 5.10 Å². The van der Waals surface area contributed by atoms with Crippen LogP contribution in [-0.2, 0) is 0 Å². The molecule has 0 aliphatic rings. The summed E-state index contributed by atoms with van der Waals surface area (Å²) in [6.45, 7) is 1.93. The lowest BCUT2D eigenvalue weighted by molar-refractivity contribution is 0.652. The van der Waals surface area contributed by atoms with E-state index in [1.54, 1.807) is 0 Å². The molecule has 0 radical (unpaired) electrons. The Bertz CT molecular complexity index is 250. The Morgan fingerprint density at radius 2 is 2.50 bits per heavy atom. The smallest absolute Gasteiger partial charge is 0.321 e. The zero-order chi connectivity index (χ0) is 7.56. The van der Waals surface area contributed by atoms with Crippen LogP contribution in [0.4, 0.5) is 0 Å². The van der Waals surface area contributed by atoms with Crippen molar-refractivity contribution >= 4 is 0 Å². The van der Waals surface area contributed by atoms with Gasteiger partial charge in [0, 0.05) is 0 Å². The van der Waals surface area contributed by atoms with E-state index in [0.29, 0.717) is 5.82 Å². The molecule has 0 fully saturated rings. The summed E-state index contributed by atoms with van der Waals surface area (Å²) in [6.07, 6.45) is 0.765. The molecule has 0 saturated heterocycles. The van der Waals surface area contributed by atoms with Gasteiger partial charge >= 0.3 is 5.69 Å². The molecule has 0 bridgehead atoms. The summed E-state index contributed by atoms with van der Waals surface area (Å²) in [4.78, 5) is 13.0. The highest BCUT2D eigenvalue weighted by molar-refractivity contribution is 4.88. The highest BCUT2D eigenvalue weighted by atomic mass is 16.1. The third kappa shape index (κ3) is 1.24. The maximum Gasteiger partial charge on any atom is 0.340 e. The van der Waals surface area contributed by atoms with E-state index < -0.39 is 0 Å². The van der Waals surface area contributed by atoms with Gasteiger partial charge in [0.1, 0.15) is 5.82 Å². The van der Waals surface area contributed by atoms with Crippen molar-refractivity contribution in [2.45, 2.75) is 19.4 Å². The molecule has 1 aromatic rings. The molecule has 1 atom stereocenters. The minimum Gasteiger partial charge on any atom is -0.321 e. The first kappa shape index (κ1) is 7.01. The molecule has 0 amide bonds. The Kier molecular flexibility index (Phi) is 1.86. The van der Waals surface area contributed by atoms with E-state index in [1.165, 1.54) is 0 Å². The molecule has 0 aliphatic carbocycles. The van der Waals surface area contributed by atoms with Gasteiger partial charge in [0.25, 0.3) is 0 Å². The molecule has 56 valence electrons. The average molecular weight is 142 g/mol. The van der Waals surface area contributed by atoms with E-state index in [-0.39, 0.29) is 11.7 Å². The zero-order valence-electron chi connectivity index (χ0n) is 5.72. The molecule has 0 aliphatic heterocycles. The van der Waals surface area contributed by atoms with Crippen LogP contribution >= 0.6 is 0 Å². The fraction of sp³-hybridized carbons (Fsp3) is 0.600. The number of rotatable bonds is 2. The number of nitrogens with zero attached hydrogens (tertiary/aromatic N) is 1. The Hall–Kier alpha value is -1.10. The van der Waals surface area contributed by atoms with E-state index >= 15 is 0 Å². The Morgan fingerprint density at radius 3 is 2.90 bits per heavy atom. The molecule has 4 N–H and O–H groups in total. The summed E-state index contributed by atoms with van der Waals surface area (Å²) in [5.74, 6) is 0.521. The van der Waals surface area contributed by atoms with Crippen LogP contribution in [0.15, 0.2) is 4.79 Å². The number of hydrogen-bond donors (Lipinski definition) is 3. The van der Waals surface area contributed by atoms with Crippen molar-refractivity contribution in [1.29, 1.82) is 0 Å². The molecule has 1 heterocycles. The Morgan fingerprint density at radius 1 is 1.80 bits per heavy atom. The van der Waals surface area contributed by atoms with Gasteiger partial charge in [-0.25, -0.2) is 9.89 Å². The lowest BCUT2D eigenvalue weighted by Crippen LogP contribution is -2.11. The van der Waals surface area contributed by atoms with E-state index in [1.807, 2.05) is 6.92 Å². The minimum atomic E-state index is -0.307. The van der Waals surface area contributed by atoms with Gasteiger partial charge in [0.15, 0.2) is 0 Å². The average Bonchev–Trinajstić information content (AvgIpc) is 2.34. The summed E-state index contributed by atoms with van der Waals surface area (Å²) in [6, 6.07) is -0.168. The zero-order valence-corrected chi connectivity index (χ0v) is 5.72. The number of hydrogen-bond acceptors (Lipinski definition) is 3. The van der Waals surface area contributed by atoms with Crippen LogP contribution in [-0.4, -0.2) is 15.2 Å². The van der Waals surface area contributed by atoms with Gasteiger partial charge in [0.2, 0.25) is 0 Å². The van der Waals surface area contributed by atoms with Crippen LogP contribution in [0.2, 0.25) is 0 Å². The summed E-state index contributed by atoms with van der Waals surface area (Å²) in [5, 5.41) is 5.91. The summed E-state index contributed by atoms with van der Waals surface area (Å²) in [5.41, 5.74) is 5.25. The molecular weight excluding hydrogens is 132 g/mol. The normalized spacial score (nSPS) is 13.4. The first-order valence-corrected chi connectivity index (χ1v) is 3.14. The van der Waals surface area contributed by atoms with Crippen molar-refractivity contribution in [3.05, 3.63) is 16.3 Å². The highest BCUT2D eigenvalue weighted by Gasteiger charge is 2.05. The number of aromatic amines is 2. The van der Waals surface area contributed by atoms with Gasteiger partial charge < -0.3 is 5.73 Å². The molecule has 1 unspecified atom stereocenters. The van der Waals surface area contributed by atoms with E-state index in [0.717, 1.165) is 6.42 Å². The van der Waals surface area contributed by atoms with E-state index in [2.05, 4.69) is 15.2 Å². The molecular formula is C5H10N4O. The van der Waals surface area contributed by atoms with Crippen molar-refractivity contribution < 1.29 is 0 Å². The fourth-order valence-corrected chi connectivity index (χ4v) is 0.652. The molecule has 1 aromatic heterocycles. The molecule has 5 nitrogen and oxygen atoms in total. The van der Waals surface area contributed by atoms with Crippen LogP contribution in [0.25, 0.3) is 0 Å². The van der Waals surface area contributed by atoms with Crippen LogP contribution in [0.3, 0.4) is 0 Å². The van der Waals surface area contributed by atoms with Crippen molar-refractivity contribution in [3.63, 3.8) is 0 Å². The van der Waals surface area contributed by atoms with Crippen molar-refractivity contribution in [2.75, 3.05) is 0 Å². The van der Waals surface area contributed by atoms with E-state index in [4.69, 9.17) is 5.73 Å². The first-order valence-electron chi connectivity index (χ1n) is 3.14. The quantitative estimate of drug-likeness (QED) is 0.520. The topological polar surface area (TPSA) is 87.6 Å². The van der Waals surface area contributed by atoms with E-state index in [9.17, 15) is 4.79 Å². The summed E-state index contributed by atoms with van der Waals surface area (Å²) in [7, 11) is 0. The molecule has 1 rings (SSSR count). The van der Waals surface area contributed by atoms with Gasteiger partial charge in [0.05, 0.1) is 6.04 Å². The maximum atomic E-state index is 10.5. The van der Waals surface area contributed by atoms with Gasteiger partial charge in [-0.1, -0.05) is 6.92 Å². The second kappa shape index (κ2) is 2.66. The second-order valence-corrected chi connectivity index (χ2v) is 2.08. The summed E-state index contributed by atoms with van der Waals surface area (Å²) >= 11 is 0. The summed E-state index contributed by atoms with van der Waals surface area (Å²) < 4.78 is 0.